The van der Waals surface area contributed by atoms with Gasteiger partial charge in [0.2, 0.25) is 0 Å². The van der Waals surface area contributed by atoms with Crippen LogP contribution in [0.15, 0.2) is 12.1 Å². The van der Waals surface area contributed by atoms with E-state index in [-0.39, 0.29) is 10.8 Å². The lowest BCUT2D eigenvalue weighted by Gasteiger charge is -2.28. The normalized spacial score (nSPS) is 20.2. The highest BCUT2D eigenvalue weighted by Gasteiger charge is 2.26. The molecule has 2 unspecified atom stereocenters. The van der Waals surface area contributed by atoms with Gasteiger partial charge in [0, 0.05) is 6.61 Å². The predicted molar refractivity (Wildman–Crippen MR) is 127 cm³/mol. The summed E-state index contributed by atoms with van der Waals surface area (Å²) in [4.78, 5) is 0. The second-order valence-corrected chi connectivity index (χ2v) is 10.9. The zero-order valence-electron chi connectivity index (χ0n) is 20.8. The Hall–Kier alpha value is -1.02. The standard InChI is InChI=1S/C16H26O.C11H22O/c1-8-11-9-12(15(2,3)4)14(17)13(10-11)16(5,6)7;1-3-5-10-7-8-11(6-4-2)12-9-10/h9-10,17H,8H2,1-7H3;10-11H,3-9H2,1-2H3. The Labute approximate surface area is 181 Å². The molecule has 0 radical (unpaired) electrons. The molecule has 1 aromatic rings. The summed E-state index contributed by atoms with van der Waals surface area (Å²) in [6.45, 7) is 20.6. The Kier molecular flexibility index (Phi) is 10.2. The fourth-order valence-electron chi connectivity index (χ4n) is 4.09. The topological polar surface area (TPSA) is 29.5 Å². The van der Waals surface area contributed by atoms with Gasteiger partial charge >= 0.3 is 0 Å². The minimum atomic E-state index is -0.0186. The number of hydrogen-bond donors (Lipinski definition) is 1. The van der Waals surface area contributed by atoms with Crippen molar-refractivity contribution in [1.82, 2.24) is 0 Å². The van der Waals surface area contributed by atoms with Gasteiger partial charge < -0.3 is 9.84 Å². The molecule has 0 amide bonds. The lowest BCUT2D eigenvalue weighted by Crippen LogP contribution is -2.25. The molecule has 2 heteroatoms. The Morgan fingerprint density at radius 2 is 1.38 bits per heavy atom. The fraction of sp³-hybridized carbons (Fsp3) is 0.778. The van der Waals surface area contributed by atoms with E-state index >= 15 is 0 Å². The largest absolute Gasteiger partial charge is 0.507 e. The maximum atomic E-state index is 10.5. The summed E-state index contributed by atoms with van der Waals surface area (Å²) in [6.07, 6.45) is 9.50. The molecule has 2 nitrogen and oxygen atoms in total. The second kappa shape index (κ2) is 11.4. The molecule has 1 saturated heterocycles. The third kappa shape index (κ3) is 8.32. The summed E-state index contributed by atoms with van der Waals surface area (Å²) in [5.41, 5.74) is 3.38. The quantitative estimate of drug-likeness (QED) is 0.540. The molecule has 0 aromatic heterocycles. The van der Waals surface area contributed by atoms with Crippen LogP contribution in [0.4, 0.5) is 0 Å². The van der Waals surface area contributed by atoms with E-state index in [1.165, 1.54) is 44.1 Å². The average molecular weight is 405 g/mol. The highest BCUT2D eigenvalue weighted by Crippen LogP contribution is 2.39. The van der Waals surface area contributed by atoms with E-state index in [1.54, 1.807) is 0 Å². The molecule has 1 fully saturated rings. The Bertz CT molecular complexity index is 547. The molecule has 1 heterocycles. The van der Waals surface area contributed by atoms with Gasteiger partial charge in [-0.25, -0.2) is 0 Å². The number of benzene rings is 1. The molecule has 1 aliphatic heterocycles. The predicted octanol–water partition coefficient (Wildman–Crippen LogP) is 7.93. The van der Waals surface area contributed by atoms with E-state index in [1.807, 2.05) is 0 Å². The summed E-state index contributed by atoms with van der Waals surface area (Å²) in [7, 11) is 0. The highest BCUT2D eigenvalue weighted by atomic mass is 16.5. The molecule has 0 bridgehead atoms. The van der Waals surface area contributed by atoms with Crippen molar-refractivity contribution < 1.29 is 9.84 Å². The van der Waals surface area contributed by atoms with Crippen LogP contribution in [0.1, 0.15) is 118 Å². The molecule has 0 spiro atoms. The number of aromatic hydroxyl groups is 1. The van der Waals surface area contributed by atoms with E-state index in [2.05, 4.69) is 74.4 Å². The van der Waals surface area contributed by atoms with Crippen molar-refractivity contribution in [1.29, 1.82) is 0 Å². The molecule has 168 valence electrons. The highest BCUT2D eigenvalue weighted by molar-refractivity contribution is 5.49. The van der Waals surface area contributed by atoms with Crippen molar-refractivity contribution in [2.24, 2.45) is 5.92 Å². The van der Waals surface area contributed by atoms with E-state index in [0.29, 0.717) is 11.9 Å². The number of aryl methyl sites for hydroxylation is 1. The Morgan fingerprint density at radius 1 is 0.862 bits per heavy atom. The molecule has 1 aliphatic rings. The monoisotopic (exact) mass is 404 g/mol. The molecule has 0 saturated carbocycles. The lowest BCUT2D eigenvalue weighted by molar-refractivity contribution is -0.0220. The minimum Gasteiger partial charge on any atom is -0.507 e. The summed E-state index contributed by atoms with van der Waals surface area (Å²) in [5.74, 6) is 1.34. The van der Waals surface area contributed by atoms with Crippen molar-refractivity contribution in [2.75, 3.05) is 6.61 Å². The molecule has 2 atom stereocenters. The molecular weight excluding hydrogens is 356 g/mol. The third-order valence-corrected chi connectivity index (χ3v) is 5.97. The number of rotatable bonds is 5. The van der Waals surface area contributed by atoms with Crippen LogP contribution in [0.5, 0.6) is 5.75 Å². The fourth-order valence-corrected chi connectivity index (χ4v) is 4.09. The van der Waals surface area contributed by atoms with E-state index in [0.717, 1.165) is 30.1 Å². The van der Waals surface area contributed by atoms with E-state index < -0.39 is 0 Å². The van der Waals surface area contributed by atoms with Gasteiger partial charge in [0.05, 0.1) is 6.10 Å². The van der Waals surface area contributed by atoms with Gasteiger partial charge in [-0.1, -0.05) is 87.3 Å². The molecule has 29 heavy (non-hydrogen) atoms. The van der Waals surface area contributed by atoms with Crippen LogP contribution in [0.25, 0.3) is 0 Å². The molecule has 2 rings (SSSR count). The Morgan fingerprint density at radius 3 is 1.72 bits per heavy atom. The molecule has 0 aliphatic carbocycles. The van der Waals surface area contributed by atoms with Gasteiger partial charge in [-0.05, 0) is 65.5 Å². The number of hydrogen-bond acceptors (Lipinski definition) is 2. The van der Waals surface area contributed by atoms with Crippen LogP contribution in [0.3, 0.4) is 0 Å². The van der Waals surface area contributed by atoms with Crippen LogP contribution in [0, 0.1) is 5.92 Å². The zero-order chi connectivity index (χ0) is 22.2. The summed E-state index contributed by atoms with van der Waals surface area (Å²) in [5, 5.41) is 10.5. The van der Waals surface area contributed by atoms with Crippen LogP contribution in [0.2, 0.25) is 0 Å². The van der Waals surface area contributed by atoms with E-state index in [4.69, 9.17) is 4.74 Å². The Balaban J connectivity index is 0.000000308. The average Bonchev–Trinajstić information content (AvgIpc) is 2.62. The first-order valence-corrected chi connectivity index (χ1v) is 11.9. The van der Waals surface area contributed by atoms with Crippen molar-refractivity contribution >= 4 is 0 Å². The zero-order valence-corrected chi connectivity index (χ0v) is 20.8. The van der Waals surface area contributed by atoms with Gasteiger partial charge in [-0.15, -0.1) is 0 Å². The maximum absolute atomic E-state index is 10.5. The second-order valence-electron chi connectivity index (χ2n) is 10.9. The van der Waals surface area contributed by atoms with Crippen molar-refractivity contribution in [3.05, 3.63) is 28.8 Å². The van der Waals surface area contributed by atoms with Gasteiger partial charge in [0.1, 0.15) is 5.75 Å². The van der Waals surface area contributed by atoms with Crippen molar-refractivity contribution in [3.8, 4) is 5.75 Å². The van der Waals surface area contributed by atoms with Gasteiger partial charge in [-0.2, -0.15) is 0 Å². The SMILES string of the molecule is CCCC1CCC(CCC)OC1.CCc1cc(C(C)(C)C)c(O)c(C(C)(C)C)c1. The van der Waals surface area contributed by atoms with Crippen LogP contribution in [-0.4, -0.2) is 17.8 Å². The van der Waals surface area contributed by atoms with Crippen LogP contribution < -0.4 is 0 Å². The van der Waals surface area contributed by atoms with Gasteiger partial charge in [0.25, 0.3) is 0 Å². The molecule has 1 aromatic carbocycles. The van der Waals surface area contributed by atoms with Crippen LogP contribution >= 0.6 is 0 Å². The van der Waals surface area contributed by atoms with Crippen molar-refractivity contribution in [2.45, 2.75) is 124 Å². The molecule has 1 N–H and O–H groups in total. The van der Waals surface area contributed by atoms with E-state index in [9.17, 15) is 5.11 Å². The smallest absolute Gasteiger partial charge is 0.123 e. The van der Waals surface area contributed by atoms with Gasteiger partial charge in [-0.3, -0.25) is 0 Å². The summed E-state index contributed by atoms with van der Waals surface area (Å²) < 4.78 is 5.78. The third-order valence-electron chi connectivity index (χ3n) is 5.97. The number of phenols is 1. The first-order chi connectivity index (χ1) is 13.4. The summed E-state index contributed by atoms with van der Waals surface area (Å²) in [6, 6.07) is 4.29. The lowest BCUT2D eigenvalue weighted by atomic mass is 9.78. The minimum absolute atomic E-state index is 0.0186. The van der Waals surface area contributed by atoms with Crippen molar-refractivity contribution in [3.63, 3.8) is 0 Å². The van der Waals surface area contributed by atoms with Gasteiger partial charge in [0.15, 0.2) is 0 Å². The number of phenolic OH excluding ortho intramolecular Hbond substituents is 1. The summed E-state index contributed by atoms with van der Waals surface area (Å²) >= 11 is 0. The van der Waals surface area contributed by atoms with Crippen LogP contribution in [-0.2, 0) is 22.0 Å². The first kappa shape index (κ1) is 26.0. The first-order valence-electron chi connectivity index (χ1n) is 11.9. The molecular formula is C27H48O2. The number of ether oxygens (including phenoxy) is 1. The maximum Gasteiger partial charge on any atom is 0.123 e.